The number of rotatable bonds is 4. The molecule has 6 heteroatoms. The van der Waals surface area contributed by atoms with Gasteiger partial charge in [0.1, 0.15) is 5.82 Å². The Labute approximate surface area is 124 Å². The van der Waals surface area contributed by atoms with Gasteiger partial charge in [-0.25, -0.2) is 12.8 Å². The van der Waals surface area contributed by atoms with Gasteiger partial charge in [-0.05, 0) is 30.7 Å². The first-order valence-electron chi connectivity index (χ1n) is 6.37. The molecule has 0 bridgehead atoms. The van der Waals surface area contributed by atoms with E-state index in [1.54, 1.807) is 0 Å². The quantitative estimate of drug-likeness (QED) is 0.883. The number of anilines is 1. The molecule has 0 atom stereocenters. The van der Waals surface area contributed by atoms with Crippen molar-refractivity contribution in [3.8, 4) is 0 Å². The van der Waals surface area contributed by atoms with Crippen LogP contribution in [0.4, 0.5) is 10.1 Å². The molecule has 0 spiro atoms. The molecule has 112 valence electrons. The van der Waals surface area contributed by atoms with E-state index in [1.807, 2.05) is 31.2 Å². The van der Waals surface area contributed by atoms with E-state index in [1.165, 1.54) is 23.5 Å². The minimum atomic E-state index is -3.75. The molecule has 0 unspecified atom stereocenters. The Hall–Kier alpha value is -1.92. The van der Waals surface area contributed by atoms with E-state index in [0.717, 1.165) is 17.2 Å². The van der Waals surface area contributed by atoms with Gasteiger partial charge in [-0.15, -0.1) is 0 Å². The minimum absolute atomic E-state index is 0.0738. The molecule has 0 saturated heterocycles. The summed E-state index contributed by atoms with van der Waals surface area (Å²) >= 11 is 0. The number of benzene rings is 2. The SMILES string of the molecule is Cc1cccc(CN(C)S(=O)(=O)c2ccc(N)c(F)c2)c1. The highest BCUT2D eigenvalue weighted by molar-refractivity contribution is 7.89. The van der Waals surface area contributed by atoms with Crippen molar-refractivity contribution >= 4 is 15.7 Å². The highest BCUT2D eigenvalue weighted by Crippen LogP contribution is 2.20. The largest absolute Gasteiger partial charge is 0.396 e. The average molecular weight is 308 g/mol. The second-order valence-corrected chi connectivity index (χ2v) is 6.98. The molecule has 2 aromatic carbocycles. The van der Waals surface area contributed by atoms with E-state index in [0.29, 0.717) is 0 Å². The van der Waals surface area contributed by atoms with Crippen molar-refractivity contribution in [3.63, 3.8) is 0 Å². The molecule has 0 aliphatic heterocycles. The van der Waals surface area contributed by atoms with Gasteiger partial charge in [0, 0.05) is 13.6 Å². The van der Waals surface area contributed by atoms with E-state index in [2.05, 4.69) is 0 Å². The third-order valence-electron chi connectivity index (χ3n) is 3.17. The Bertz CT molecular complexity index is 760. The highest BCUT2D eigenvalue weighted by atomic mass is 32.2. The van der Waals surface area contributed by atoms with Gasteiger partial charge in [-0.1, -0.05) is 29.8 Å². The molecule has 0 heterocycles. The number of nitrogen functional groups attached to an aromatic ring is 1. The van der Waals surface area contributed by atoms with E-state index >= 15 is 0 Å². The average Bonchev–Trinajstić information content (AvgIpc) is 2.41. The smallest absolute Gasteiger partial charge is 0.243 e. The van der Waals surface area contributed by atoms with Crippen molar-refractivity contribution in [2.75, 3.05) is 12.8 Å². The molecule has 2 aromatic rings. The Balaban J connectivity index is 2.28. The van der Waals surface area contributed by atoms with Gasteiger partial charge >= 0.3 is 0 Å². The fourth-order valence-electron chi connectivity index (χ4n) is 2.00. The number of halogens is 1. The van der Waals surface area contributed by atoms with Crippen molar-refractivity contribution in [2.24, 2.45) is 0 Å². The van der Waals surface area contributed by atoms with Crippen LogP contribution in [0.3, 0.4) is 0 Å². The van der Waals surface area contributed by atoms with Crippen LogP contribution in [-0.4, -0.2) is 19.8 Å². The van der Waals surface area contributed by atoms with Crippen LogP contribution < -0.4 is 5.73 Å². The van der Waals surface area contributed by atoms with E-state index < -0.39 is 15.8 Å². The molecule has 0 aromatic heterocycles. The van der Waals surface area contributed by atoms with Crippen molar-refractivity contribution in [3.05, 3.63) is 59.4 Å². The predicted molar refractivity (Wildman–Crippen MR) is 80.6 cm³/mol. The molecular weight excluding hydrogens is 291 g/mol. The van der Waals surface area contributed by atoms with Gasteiger partial charge in [-0.2, -0.15) is 4.31 Å². The maximum Gasteiger partial charge on any atom is 0.243 e. The molecule has 0 amide bonds. The summed E-state index contributed by atoms with van der Waals surface area (Å²) < 4.78 is 39.4. The second-order valence-electron chi connectivity index (χ2n) is 4.93. The molecule has 0 aliphatic rings. The van der Waals surface area contributed by atoms with Gasteiger partial charge in [0.2, 0.25) is 10.0 Å². The van der Waals surface area contributed by atoms with Crippen LogP contribution >= 0.6 is 0 Å². The number of hydrogen-bond donors (Lipinski definition) is 1. The minimum Gasteiger partial charge on any atom is -0.396 e. The first-order chi connectivity index (χ1) is 9.80. The predicted octanol–water partition coefficient (Wildman–Crippen LogP) is 2.54. The summed E-state index contributed by atoms with van der Waals surface area (Å²) in [6, 6.07) is 11.1. The standard InChI is InChI=1S/C15H17FN2O2S/c1-11-4-3-5-12(8-11)10-18(2)21(19,20)13-6-7-15(17)14(16)9-13/h3-9H,10,17H2,1-2H3. The summed E-state index contributed by atoms with van der Waals surface area (Å²) in [5.74, 6) is -0.736. The van der Waals surface area contributed by atoms with Crippen LogP contribution in [-0.2, 0) is 16.6 Å². The Kier molecular flexibility index (Phi) is 4.29. The molecule has 21 heavy (non-hydrogen) atoms. The zero-order valence-electron chi connectivity index (χ0n) is 11.9. The molecular formula is C15H17FN2O2S. The Morgan fingerprint density at radius 1 is 1.19 bits per heavy atom. The van der Waals surface area contributed by atoms with Crippen LogP contribution in [0, 0.1) is 12.7 Å². The van der Waals surface area contributed by atoms with Gasteiger partial charge in [0.25, 0.3) is 0 Å². The molecule has 0 radical (unpaired) electrons. The number of sulfonamides is 1. The Morgan fingerprint density at radius 3 is 2.52 bits per heavy atom. The monoisotopic (exact) mass is 308 g/mol. The molecule has 0 fully saturated rings. The fraction of sp³-hybridized carbons (Fsp3) is 0.200. The molecule has 0 saturated carbocycles. The number of nitrogens with two attached hydrogens (primary N) is 1. The second kappa shape index (κ2) is 5.83. The van der Waals surface area contributed by atoms with Crippen LogP contribution in [0.1, 0.15) is 11.1 Å². The molecule has 2 N–H and O–H groups in total. The van der Waals surface area contributed by atoms with Gasteiger partial charge in [0.15, 0.2) is 0 Å². The first-order valence-corrected chi connectivity index (χ1v) is 7.81. The molecule has 4 nitrogen and oxygen atoms in total. The third-order valence-corrected chi connectivity index (χ3v) is 4.97. The summed E-state index contributed by atoms with van der Waals surface area (Å²) in [5, 5.41) is 0. The lowest BCUT2D eigenvalue weighted by Crippen LogP contribution is -2.26. The third kappa shape index (κ3) is 3.40. The summed E-state index contributed by atoms with van der Waals surface area (Å²) in [6.45, 7) is 2.16. The summed E-state index contributed by atoms with van der Waals surface area (Å²) in [6.07, 6.45) is 0. The highest BCUT2D eigenvalue weighted by Gasteiger charge is 2.22. The maximum absolute atomic E-state index is 13.4. The maximum atomic E-state index is 13.4. The lowest BCUT2D eigenvalue weighted by atomic mass is 10.1. The van der Waals surface area contributed by atoms with Gasteiger partial charge < -0.3 is 5.73 Å². The van der Waals surface area contributed by atoms with E-state index in [4.69, 9.17) is 5.73 Å². The van der Waals surface area contributed by atoms with Crippen molar-refractivity contribution < 1.29 is 12.8 Å². The number of nitrogens with zero attached hydrogens (tertiary/aromatic N) is 1. The van der Waals surface area contributed by atoms with Crippen molar-refractivity contribution in [2.45, 2.75) is 18.4 Å². The zero-order chi connectivity index (χ0) is 15.6. The normalized spacial score (nSPS) is 11.8. The van der Waals surface area contributed by atoms with Crippen LogP contribution in [0.25, 0.3) is 0 Å². The Morgan fingerprint density at radius 2 is 1.90 bits per heavy atom. The number of aryl methyl sites for hydroxylation is 1. The molecule has 2 rings (SSSR count). The van der Waals surface area contributed by atoms with E-state index in [9.17, 15) is 12.8 Å². The van der Waals surface area contributed by atoms with Gasteiger partial charge in [-0.3, -0.25) is 0 Å². The topological polar surface area (TPSA) is 63.4 Å². The first kappa shape index (κ1) is 15.5. The van der Waals surface area contributed by atoms with Crippen LogP contribution in [0.5, 0.6) is 0 Å². The van der Waals surface area contributed by atoms with Gasteiger partial charge in [0.05, 0.1) is 10.6 Å². The number of hydrogen-bond acceptors (Lipinski definition) is 3. The summed E-state index contributed by atoms with van der Waals surface area (Å²) in [5.41, 5.74) is 7.22. The summed E-state index contributed by atoms with van der Waals surface area (Å²) in [7, 11) is -2.29. The van der Waals surface area contributed by atoms with Crippen LogP contribution in [0.2, 0.25) is 0 Å². The fourth-order valence-corrected chi connectivity index (χ4v) is 3.17. The zero-order valence-corrected chi connectivity index (χ0v) is 12.7. The van der Waals surface area contributed by atoms with Crippen molar-refractivity contribution in [1.82, 2.24) is 4.31 Å². The summed E-state index contributed by atoms with van der Waals surface area (Å²) in [4.78, 5) is -0.107. The lowest BCUT2D eigenvalue weighted by Gasteiger charge is -2.17. The van der Waals surface area contributed by atoms with Crippen LogP contribution in [0.15, 0.2) is 47.4 Å². The lowest BCUT2D eigenvalue weighted by molar-refractivity contribution is 0.466. The molecule has 0 aliphatic carbocycles. The van der Waals surface area contributed by atoms with E-state index in [-0.39, 0.29) is 17.1 Å². The van der Waals surface area contributed by atoms with Crippen molar-refractivity contribution in [1.29, 1.82) is 0 Å².